The Morgan fingerprint density at radius 1 is 1.13 bits per heavy atom. The number of hydrogen-bond acceptors (Lipinski definition) is 4. The molecule has 0 fully saturated rings. The molecule has 5 heteroatoms. The van der Waals surface area contributed by atoms with Gasteiger partial charge in [0.2, 0.25) is 11.7 Å². The van der Waals surface area contributed by atoms with E-state index in [2.05, 4.69) is 11.2 Å². The zero-order valence-corrected chi connectivity index (χ0v) is 14.5. The third-order valence-corrected chi connectivity index (χ3v) is 3.95. The fourth-order valence-corrected chi connectivity index (χ4v) is 2.40. The van der Waals surface area contributed by atoms with Crippen LogP contribution < -0.4 is 19.5 Å². The molecule has 0 heterocycles. The first kappa shape index (κ1) is 18.7. The van der Waals surface area contributed by atoms with E-state index in [0.29, 0.717) is 30.1 Å². The number of benzene rings is 1. The van der Waals surface area contributed by atoms with Crippen LogP contribution in [0.1, 0.15) is 32.3 Å². The molecule has 1 amide bonds. The van der Waals surface area contributed by atoms with Gasteiger partial charge in [-0.2, -0.15) is 0 Å². The van der Waals surface area contributed by atoms with Crippen LogP contribution in [0.15, 0.2) is 12.1 Å². The fraction of sp³-hybridized carbons (Fsp3) is 0.500. The van der Waals surface area contributed by atoms with Gasteiger partial charge in [-0.3, -0.25) is 4.79 Å². The SMILES string of the molecule is C#CC(CC)(CC)NC(=O)Cc1cc(OC)c(OC)c(OC)c1. The summed E-state index contributed by atoms with van der Waals surface area (Å²) in [5, 5.41) is 2.94. The molecule has 0 radical (unpaired) electrons. The highest BCUT2D eigenvalue weighted by molar-refractivity contribution is 5.80. The molecule has 0 bridgehead atoms. The zero-order valence-electron chi connectivity index (χ0n) is 14.5. The van der Waals surface area contributed by atoms with Gasteiger partial charge in [0.05, 0.1) is 27.8 Å². The van der Waals surface area contributed by atoms with Gasteiger partial charge in [-0.25, -0.2) is 0 Å². The highest BCUT2D eigenvalue weighted by atomic mass is 16.5. The van der Waals surface area contributed by atoms with E-state index in [0.717, 1.165) is 5.56 Å². The molecular formula is C18H25NO4. The van der Waals surface area contributed by atoms with E-state index in [4.69, 9.17) is 20.6 Å². The fourth-order valence-electron chi connectivity index (χ4n) is 2.40. The predicted molar refractivity (Wildman–Crippen MR) is 90.1 cm³/mol. The van der Waals surface area contributed by atoms with Crippen LogP contribution in [-0.2, 0) is 11.2 Å². The average Bonchev–Trinajstić information content (AvgIpc) is 2.58. The lowest BCUT2D eigenvalue weighted by molar-refractivity contribution is -0.121. The van der Waals surface area contributed by atoms with E-state index in [1.807, 2.05) is 13.8 Å². The molecule has 0 saturated heterocycles. The summed E-state index contributed by atoms with van der Waals surface area (Å²) in [6, 6.07) is 3.52. The van der Waals surface area contributed by atoms with Gasteiger partial charge in [-0.1, -0.05) is 19.8 Å². The maximum atomic E-state index is 12.3. The standard InChI is InChI=1S/C18H25NO4/c1-7-18(8-2,9-3)19-16(20)12-13-10-14(21-4)17(23-6)15(11-13)22-5/h1,10-11H,8-9,12H2,2-6H3,(H,19,20). The van der Waals surface area contributed by atoms with E-state index < -0.39 is 5.54 Å². The van der Waals surface area contributed by atoms with Crippen molar-refractivity contribution in [3.63, 3.8) is 0 Å². The molecule has 126 valence electrons. The summed E-state index contributed by atoms with van der Waals surface area (Å²) in [5.41, 5.74) is 0.160. The first-order valence-electron chi connectivity index (χ1n) is 7.56. The molecular weight excluding hydrogens is 294 g/mol. The van der Waals surface area contributed by atoms with Gasteiger partial charge in [0.1, 0.15) is 5.54 Å². The average molecular weight is 319 g/mol. The summed E-state index contributed by atoms with van der Waals surface area (Å²) >= 11 is 0. The zero-order chi connectivity index (χ0) is 17.5. The second-order valence-electron chi connectivity index (χ2n) is 5.19. The number of methoxy groups -OCH3 is 3. The maximum Gasteiger partial charge on any atom is 0.225 e. The number of nitrogens with one attached hydrogen (secondary N) is 1. The lowest BCUT2D eigenvalue weighted by Crippen LogP contribution is -2.47. The van der Waals surface area contributed by atoms with Crippen LogP contribution in [0.4, 0.5) is 0 Å². The van der Waals surface area contributed by atoms with Crippen molar-refractivity contribution in [2.45, 2.75) is 38.6 Å². The molecule has 0 aromatic heterocycles. The topological polar surface area (TPSA) is 56.8 Å². The van der Waals surface area contributed by atoms with Crippen LogP contribution in [0.2, 0.25) is 0 Å². The summed E-state index contributed by atoms with van der Waals surface area (Å²) in [5.74, 6) is 4.09. The van der Waals surface area contributed by atoms with Gasteiger partial charge in [-0.05, 0) is 30.5 Å². The van der Waals surface area contributed by atoms with Crippen LogP contribution in [0.5, 0.6) is 17.2 Å². The number of carbonyl (C=O) groups is 1. The Morgan fingerprint density at radius 3 is 2.00 bits per heavy atom. The van der Waals surface area contributed by atoms with Crippen LogP contribution in [0.25, 0.3) is 0 Å². The predicted octanol–water partition coefficient (Wildman–Crippen LogP) is 2.56. The van der Waals surface area contributed by atoms with Gasteiger partial charge in [0.25, 0.3) is 0 Å². The van der Waals surface area contributed by atoms with E-state index in [1.54, 1.807) is 26.4 Å². The molecule has 0 spiro atoms. The van der Waals surface area contributed by atoms with E-state index in [-0.39, 0.29) is 12.3 Å². The summed E-state index contributed by atoms with van der Waals surface area (Å²) in [7, 11) is 4.62. The van der Waals surface area contributed by atoms with Crippen molar-refractivity contribution in [1.29, 1.82) is 0 Å². The van der Waals surface area contributed by atoms with Crippen molar-refractivity contribution in [3.8, 4) is 29.6 Å². The quantitative estimate of drug-likeness (QED) is 0.748. The van der Waals surface area contributed by atoms with Crippen LogP contribution in [-0.4, -0.2) is 32.8 Å². The Balaban J connectivity index is 3.01. The second-order valence-corrected chi connectivity index (χ2v) is 5.19. The molecule has 5 nitrogen and oxygen atoms in total. The van der Waals surface area contributed by atoms with Gasteiger partial charge < -0.3 is 19.5 Å². The molecule has 1 aromatic rings. The van der Waals surface area contributed by atoms with Crippen molar-refractivity contribution in [3.05, 3.63) is 17.7 Å². The largest absolute Gasteiger partial charge is 0.493 e. The number of terminal acetylenes is 1. The molecule has 0 atom stereocenters. The summed E-state index contributed by atoms with van der Waals surface area (Å²) in [6.07, 6.45) is 7.12. The van der Waals surface area contributed by atoms with Crippen molar-refractivity contribution in [1.82, 2.24) is 5.32 Å². The smallest absolute Gasteiger partial charge is 0.225 e. The van der Waals surface area contributed by atoms with Crippen LogP contribution in [0.3, 0.4) is 0 Å². The molecule has 1 N–H and O–H groups in total. The highest BCUT2D eigenvalue weighted by Gasteiger charge is 2.25. The molecule has 0 saturated carbocycles. The Labute approximate surface area is 138 Å². The molecule has 0 aliphatic rings. The Morgan fingerprint density at radius 2 is 1.65 bits per heavy atom. The molecule has 1 rings (SSSR count). The minimum Gasteiger partial charge on any atom is -0.493 e. The monoisotopic (exact) mass is 319 g/mol. The number of rotatable bonds is 8. The third-order valence-electron chi connectivity index (χ3n) is 3.95. The number of carbonyl (C=O) groups excluding carboxylic acids is 1. The van der Waals surface area contributed by atoms with Crippen molar-refractivity contribution in [2.75, 3.05) is 21.3 Å². The van der Waals surface area contributed by atoms with E-state index in [1.165, 1.54) is 7.11 Å². The highest BCUT2D eigenvalue weighted by Crippen LogP contribution is 2.38. The summed E-state index contributed by atoms with van der Waals surface area (Å²) in [6.45, 7) is 3.92. The summed E-state index contributed by atoms with van der Waals surface area (Å²) < 4.78 is 15.9. The van der Waals surface area contributed by atoms with Crippen molar-refractivity contribution < 1.29 is 19.0 Å². The van der Waals surface area contributed by atoms with Crippen molar-refractivity contribution in [2.24, 2.45) is 0 Å². The summed E-state index contributed by atoms with van der Waals surface area (Å²) in [4.78, 5) is 12.3. The van der Waals surface area contributed by atoms with Gasteiger partial charge in [0, 0.05) is 0 Å². The first-order valence-corrected chi connectivity index (χ1v) is 7.56. The maximum absolute atomic E-state index is 12.3. The van der Waals surface area contributed by atoms with Crippen LogP contribution in [0, 0.1) is 12.3 Å². The minimum atomic E-state index is -0.599. The van der Waals surface area contributed by atoms with E-state index in [9.17, 15) is 4.79 Å². The number of hydrogen-bond donors (Lipinski definition) is 1. The van der Waals surface area contributed by atoms with Gasteiger partial charge >= 0.3 is 0 Å². The van der Waals surface area contributed by atoms with Crippen molar-refractivity contribution >= 4 is 5.91 Å². The Bertz CT molecular complexity index is 560. The molecule has 1 aromatic carbocycles. The Hall–Kier alpha value is -2.35. The number of ether oxygens (including phenoxy) is 3. The lowest BCUT2D eigenvalue weighted by Gasteiger charge is -2.27. The van der Waals surface area contributed by atoms with Gasteiger partial charge in [-0.15, -0.1) is 6.42 Å². The van der Waals surface area contributed by atoms with Gasteiger partial charge in [0.15, 0.2) is 11.5 Å². The van der Waals surface area contributed by atoms with E-state index >= 15 is 0 Å². The first-order chi connectivity index (χ1) is 11.0. The minimum absolute atomic E-state index is 0.138. The number of amides is 1. The Kier molecular flexibility index (Phi) is 6.77. The third kappa shape index (κ3) is 4.32. The molecule has 0 aliphatic heterocycles. The van der Waals surface area contributed by atoms with Crippen LogP contribution >= 0.6 is 0 Å². The molecule has 0 aliphatic carbocycles. The normalized spacial score (nSPS) is 10.6. The molecule has 23 heavy (non-hydrogen) atoms. The second kappa shape index (κ2) is 8.33. The lowest BCUT2D eigenvalue weighted by atomic mass is 9.93. The molecule has 0 unspecified atom stereocenters.